The Hall–Kier alpha value is -1.10. The summed E-state index contributed by atoms with van der Waals surface area (Å²) in [5.74, 6) is -0.602. The standard InChI is InChI=1S/C14H9BrCl2FNO/c15-10-7-9(18)2-4-13(10)19-14(20)6-8-1-3-11(16)12(17)5-8/h1-5,7H,6H2,(H,19,20). The summed E-state index contributed by atoms with van der Waals surface area (Å²) in [4.78, 5) is 11.9. The SMILES string of the molecule is O=C(Cc1ccc(Cl)c(Cl)c1)Nc1ccc(F)cc1Br. The van der Waals surface area contributed by atoms with Gasteiger partial charge in [0.05, 0.1) is 22.2 Å². The van der Waals surface area contributed by atoms with Crippen LogP contribution in [0.5, 0.6) is 0 Å². The van der Waals surface area contributed by atoms with Crippen molar-refractivity contribution in [2.75, 3.05) is 5.32 Å². The van der Waals surface area contributed by atoms with Crippen LogP contribution in [-0.2, 0) is 11.2 Å². The molecule has 0 fully saturated rings. The minimum Gasteiger partial charge on any atom is -0.325 e. The van der Waals surface area contributed by atoms with E-state index in [-0.39, 0.29) is 18.1 Å². The number of anilines is 1. The van der Waals surface area contributed by atoms with Crippen LogP contribution in [0.3, 0.4) is 0 Å². The summed E-state index contributed by atoms with van der Waals surface area (Å²) in [6.07, 6.45) is 0.153. The van der Waals surface area contributed by atoms with E-state index in [4.69, 9.17) is 23.2 Å². The van der Waals surface area contributed by atoms with Crippen LogP contribution in [0.25, 0.3) is 0 Å². The average Bonchev–Trinajstić information content (AvgIpc) is 2.37. The Morgan fingerprint density at radius 2 is 1.90 bits per heavy atom. The number of rotatable bonds is 3. The Bertz CT molecular complexity index is 664. The molecular weight excluding hydrogens is 368 g/mol. The van der Waals surface area contributed by atoms with Crippen molar-refractivity contribution < 1.29 is 9.18 Å². The molecule has 0 saturated carbocycles. The van der Waals surface area contributed by atoms with Crippen LogP contribution in [0.15, 0.2) is 40.9 Å². The number of nitrogens with one attached hydrogen (secondary N) is 1. The number of hydrogen-bond acceptors (Lipinski definition) is 1. The third-order valence-corrected chi connectivity index (χ3v) is 3.95. The van der Waals surface area contributed by atoms with Crippen LogP contribution in [0, 0.1) is 5.82 Å². The molecule has 0 heterocycles. The molecular formula is C14H9BrCl2FNO. The van der Waals surface area contributed by atoms with E-state index in [0.717, 1.165) is 5.56 Å². The molecule has 2 aromatic carbocycles. The van der Waals surface area contributed by atoms with Crippen LogP contribution in [-0.4, -0.2) is 5.91 Å². The fourth-order valence-electron chi connectivity index (χ4n) is 1.62. The Morgan fingerprint density at radius 3 is 2.55 bits per heavy atom. The molecule has 0 aliphatic carbocycles. The van der Waals surface area contributed by atoms with Crippen molar-refractivity contribution in [2.24, 2.45) is 0 Å². The highest BCUT2D eigenvalue weighted by Crippen LogP contribution is 2.25. The molecule has 104 valence electrons. The van der Waals surface area contributed by atoms with Crippen LogP contribution >= 0.6 is 39.1 Å². The van der Waals surface area contributed by atoms with E-state index in [1.54, 1.807) is 18.2 Å². The zero-order chi connectivity index (χ0) is 14.7. The quantitative estimate of drug-likeness (QED) is 0.795. The molecule has 0 spiro atoms. The molecule has 0 aliphatic rings. The Labute approximate surface area is 134 Å². The predicted molar refractivity (Wildman–Crippen MR) is 82.9 cm³/mol. The third kappa shape index (κ3) is 3.95. The fraction of sp³-hybridized carbons (Fsp3) is 0.0714. The molecule has 1 amide bonds. The first-order valence-corrected chi connectivity index (χ1v) is 7.19. The van der Waals surface area contributed by atoms with Gasteiger partial charge in [-0.1, -0.05) is 29.3 Å². The maximum atomic E-state index is 12.9. The molecule has 0 atom stereocenters. The monoisotopic (exact) mass is 375 g/mol. The van der Waals surface area contributed by atoms with Gasteiger partial charge in [-0.3, -0.25) is 4.79 Å². The molecule has 0 unspecified atom stereocenters. The van der Waals surface area contributed by atoms with E-state index < -0.39 is 0 Å². The summed E-state index contributed by atoms with van der Waals surface area (Å²) in [5, 5.41) is 3.54. The number of carbonyl (C=O) groups is 1. The molecule has 20 heavy (non-hydrogen) atoms. The van der Waals surface area contributed by atoms with Crippen molar-refractivity contribution in [1.82, 2.24) is 0 Å². The van der Waals surface area contributed by atoms with E-state index in [2.05, 4.69) is 21.2 Å². The highest BCUT2D eigenvalue weighted by Gasteiger charge is 2.08. The lowest BCUT2D eigenvalue weighted by Crippen LogP contribution is -2.14. The molecule has 6 heteroatoms. The lowest BCUT2D eigenvalue weighted by Gasteiger charge is -2.08. The van der Waals surface area contributed by atoms with Gasteiger partial charge in [-0.25, -0.2) is 4.39 Å². The molecule has 0 aliphatic heterocycles. The fourth-order valence-corrected chi connectivity index (χ4v) is 2.39. The van der Waals surface area contributed by atoms with Gasteiger partial charge in [-0.05, 0) is 51.8 Å². The van der Waals surface area contributed by atoms with Crippen molar-refractivity contribution in [1.29, 1.82) is 0 Å². The average molecular weight is 377 g/mol. The molecule has 0 radical (unpaired) electrons. The largest absolute Gasteiger partial charge is 0.325 e. The summed E-state index contributed by atoms with van der Waals surface area (Å²) >= 11 is 14.9. The summed E-state index contributed by atoms with van der Waals surface area (Å²) in [5.41, 5.74) is 1.26. The summed E-state index contributed by atoms with van der Waals surface area (Å²) < 4.78 is 13.4. The van der Waals surface area contributed by atoms with Crippen LogP contribution in [0.4, 0.5) is 10.1 Å². The molecule has 0 saturated heterocycles. The van der Waals surface area contributed by atoms with Gasteiger partial charge in [0.2, 0.25) is 5.91 Å². The maximum absolute atomic E-state index is 12.9. The summed E-state index contributed by atoms with van der Waals surface area (Å²) in [7, 11) is 0. The highest BCUT2D eigenvalue weighted by molar-refractivity contribution is 9.10. The Kier molecular flexibility index (Phi) is 5.02. The molecule has 2 rings (SSSR count). The normalized spacial score (nSPS) is 10.4. The van der Waals surface area contributed by atoms with Crippen LogP contribution in [0.2, 0.25) is 10.0 Å². The predicted octanol–water partition coefficient (Wildman–Crippen LogP) is 5.08. The van der Waals surface area contributed by atoms with Gasteiger partial charge in [0.1, 0.15) is 5.82 Å². The molecule has 2 aromatic rings. The van der Waals surface area contributed by atoms with E-state index in [9.17, 15) is 9.18 Å². The first-order chi connectivity index (χ1) is 9.45. The van der Waals surface area contributed by atoms with Gasteiger partial charge >= 0.3 is 0 Å². The lowest BCUT2D eigenvalue weighted by atomic mass is 10.1. The number of amides is 1. The second-order valence-corrected chi connectivity index (χ2v) is 5.77. The van der Waals surface area contributed by atoms with E-state index >= 15 is 0 Å². The van der Waals surface area contributed by atoms with Crippen molar-refractivity contribution >= 4 is 50.7 Å². The second-order valence-electron chi connectivity index (χ2n) is 4.10. The first kappa shape index (κ1) is 15.3. The van der Waals surface area contributed by atoms with Gasteiger partial charge in [-0.2, -0.15) is 0 Å². The lowest BCUT2D eigenvalue weighted by molar-refractivity contribution is -0.115. The summed E-state index contributed by atoms with van der Waals surface area (Å²) in [6, 6.07) is 9.07. The minimum absolute atomic E-state index is 0.153. The molecule has 2 nitrogen and oxygen atoms in total. The van der Waals surface area contributed by atoms with Crippen LogP contribution in [0.1, 0.15) is 5.56 Å². The number of benzene rings is 2. The van der Waals surface area contributed by atoms with Gasteiger partial charge in [0.25, 0.3) is 0 Å². The third-order valence-electron chi connectivity index (χ3n) is 2.55. The number of halogens is 4. The van der Waals surface area contributed by atoms with Gasteiger partial charge in [-0.15, -0.1) is 0 Å². The Morgan fingerprint density at radius 1 is 1.15 bits per heavy atom. The second kappa shape index (κ2) is 6.57. The van der Waals surface area contributed by atoms with Crippen molar-refractivity contribution in [3.8, 4) is 0 Å². The first-order valence-electron chi connectivity index (χ1n) is 5.64. The Balaban J connectivity index is 2.07. The zero-order valence-corrected chi connectivity index (χ0v) is 13.2. The van der Waals surface area contributed by atoms with Gasteiger partial charge in [0.15, 0.2) is 0 Å². The van der Waals surface area contributed by atoms with Crippen molar-refractivity contribution in [2.45, 2.75) is 6.42 Å². The number of carbonyl (C=O) groups excluding carboxylic acids is 1. The van der Waals surface area contributed by atoms with Crippen LogP contribution < -0.4 is 5.32 Å². The summed E-state index contributed by atoms with van der Waals surface area (Å²) in [6.45, 7) is 0. The van der Waals surface area contributed by atoms with E-state index in [1.165, 1.54) is 18.2 Å². The van der Waals surface area contributed by atoms with Gasteiger partial charge in [0, 0.05) is 4.47 Å². The zero-order valence-electron chi connectivity index (χ0n) is 10.1. The molecule has 0 aromatic heterocycles. The molecule has 1 N–H and O–H groups in total. The number of hydrogen-bond donors (Lipinski definition) is 1. The van der Waals surface area contributed by atoms with Gasteiger partial charge < -0.3 is 5.32 Å². The van der Waals surface area contributed by atoms with E-state index in [1.807, 2.05) is 0 Å². The van der Waals surface area contributed by atoms with E-state index in [0.29, 0.717) is 20.2 Å². The smallest absolute Gasteiger partial charge is 0.228 e. The molecule has 0 bridgehead atoms. The topological polar surface area (TPSA) is 29.1 Å². The highest BCUT2D eigenvalue weighted by atomic mass is 79.9. The maximum Gasteiger partial charge on any atom is 0.228 e. The van der Waals surface area contributed by atoms with Crippen molar-refractivity contribution in [3.05, 3.63) is 62.3 Å². The minimum atomic E-state index is -0.376. The van der Waals surface area contributed by atoms with Crippen molar-refractivity contribution in [3.63, 3.8) is 0 Å².